The summed E-state index contributed by atoms with van der Waals surface area (Å²) in [6.45, 7) is 6.17. The fourth-order valence-electron chi connectivity index (χ4n) is 1.98. The van der Waals surface area contributed by atoms with Gasteiger partial charge in [0.1, 0.15) is 11.9 Å². The zero-order valence-electron chi connectivity index (χ0n) is 11.6. The van der Waals surface area contributed by atoms with E-state index < -0.39 is 0 Å². The van der Waals surface area contributed by atoms with Gasteiger partial charge in [-0.1, -0.05) is 13.8 Å². The molecule has 1 N–H and O–H groups in total. The van der Waals surface area contributed by atoms with Crippen molar-refractivity contribution >= 4 is 28.4 Å². The highest BCUT2D eigenvalue weighted by molar-refractivity contribution is 14.1. The average molecular weight is 377 g/mol. The molecule has 6 heteroatoms. The van der Waals surface area contributed by atoms with Crippen molar-refractivity contribution in [3.05, 3.63) is 15.1 Å². The topological polar surface area (TPSA) is 56.3 Å². The number of ether oxygens (including phenoxy) is 2. The van der Waals surface area contributed by atoms with Gasteiger partial charge in [0.05, 0.1) is 29.1 Å². The van der Waals surface area contributed by atoms with Crippen molar-refractivity contribution in [1.82, 2.24) is 9.97 Å². The summed E-state index contributed by atoms with van der Waals surface area (Å²) in [6.07, 6.45) is 0.791. The first-order valence-electron chi connectivity index (χ1n) is 6.55. The number of anilines is 1. The van der Waals surface area contributed by atoms with E-state index >= 15 is 0 Å². The smallest absolute Gasteiger partial charge is 0.162 e. The molecule has 1 aromatic heterocycles. The number of aromatic nitrogens is 2. The number of hydrogen-bond acceptors (Lipinski definition) is 5. The van der Waals surface area contributed by atoms with Gasteiger partial charge in [-0.05, 0) is 34.9 Å². The van der Waals surface area contributed by atoms with E-state index in [4.69, 9.17) is 9.47 Å². The van der Waals surface area contributed by atoms with Crippen molar-refractivity contribution in [3.8, 4) is 0 Å². The summed E-state index contributed by atoms with van der Waals surface area (Å²) in [5.74, 6) is 2.15. The molecule has 2 rings (SSSR count). The molecule has 1 fully saturated rings. The Balaban J connectivity index is 2.32. The monoisotopic (exact) mass is 377 g/mol. The Morgan fingerprint density at radius 3 is 2.74 bits per heavy atom. The minimum Gasteiger partial charge on any atom is -0.376 e. The quantitative estimate of drug-likeness (QED) is 0.817. The molecule has 1 aromatic rings. The summed E-state index contributed by atoms with van der Waals surface area (Å²) in [4.78, 5) is 9.23. The van der Waals surface area contributed by atoms with Gasteiger partial charge in [-0.3, -0.25) is 0 Å². The van der Waals surface area contributed by atoms with Gasteiger partial charge in [-0.2, -0.15) is 0 Å². The third-order valence-electron chi connectivity index (χ3n) is 2.88. The van der Waals surface area contributed by atoms with E-state index in [1.807, 2.05) is 7.05 Å². The molecule has 0 bridgehead atoms. The number of halogens is 1. The Morgan fingerprint density at radius 1 is 1.37 bits per heavy atom. The van der Waals surface area contributed by atoms with Crippen molar-refractivity contribution in [2.75, 3.05) is 32.2 Å². The van der Waals surface area contributed by atoms with E-state index in [1.165, 1.54) is 0 Å². The molecule has 0 aromatic carbocycles. The van der Waals surface area contributed by atoms with Crippen LogP contribution in [0.15, 0.2) is 0 Å². The predicted molar refractivity (Wildman–Crippen MR) is 82.3 cm³/mol. The van der Waals surface area contributed by atoms with Crippen LogP contribution in [0.1, 0.15) is 31.5 Å². The van der Waals surface area contributed by atoms with Crippen molar-refractivity contribution in [2.45, 2.75) is 26.4 Å². The lowest BCUT2D eigenvalue weighted by atomic mass is 10.1. The van der Waals surface area contributed by atoms with Gasteiger partial charge in [0.25, 0.3) is 0 Å². The summed E-state index contributed by atoms with van der Waals surface area (Å²) in [5.41, 5.74) is 1.08. The summed E-state index contributed by atoms with van der Waals surface area (Å²) in [6, 6.07) is 0. The number of hydrogen-bond donors (Lipinski definition) is 1. The van der Waals surface area contributed by atoms with Crippen LogP contribution in [0.25, 0.3) is 0 Å². The Bertz CT molecular complexity index is 434. The Hall–Kier alpha value is -0.470. The van der Waals surface area contributed by atoms with Gasteiger partial charge < -0.3 is 14.8 Å². The highest BCUT2D eigenvalue weighted by Gasteiger charge is 2.22. The SMILES string of the molecule is CNc1nc(C2COCCO2)nc(CC(C)C)c1I. The summed E-state index contributed by atoms with van der Waals surface area (Å²) < 4.78 is 12.2. The second kappa shape index (κ2) is 6.81. The maximum Gasteiger partial charge on any atom is 0.162 e. The molecule has 19 heavy (non-hydrogen) atoms. The van der Waals surface area contributed by atoms with Crippen LogP contribution in [0.2, 0.25) is 0 Å². The molecule has 1 aliphatic heterocycles. The molecular formula is C13H20IN3O2. The lowest BCUT2D eigenvalue weighted by Gasteiger charge is -2.23. The maximum atomic E-state index is 5.68. The van der Waals surface area contributed by atoms with Crippen LogP contribution < -0.4 is 5.32 Å². The molecule has 1 saturated heterocycles. The first-order valence-corrected chi connectivity index (χ1v) is 7.63. The fourth-order valence-corrected chi connectivity index (χ4v) is 2.71. The summed E-state index contributed by atoms with van der Waals surface area (Å²) >= 11 is 2.30. The van der Waals surface area contributed by atoms with E-state index in [-0.39, 0.29) is 6.10 Å². The molecule has 0 spiro atoms. The van der Waals surface area contributed by atoms with E-state index in [1.54, 1.807) is 0 Å². The van der Waals surface area contributed by atoms with Crippen molar-refractivity contribution in [3.63, 3.8) is 0 Å². The van der Waals surface area contributed by atoms with E-state index in [2.05, 4.69) is 51.7 Å². The van der Waals surface area contributed by atoms with Crippen LogP contribution in [-0.4, -0.2) is 36.8 Å². The standard InChI is InChI=1S/C13H20IN3O2/c1-8(2)6-9-11(14)13(15-3)17-12(16-9)10-7-18-4-5-19-10/h8,10H,4-7H2,1-3H3,(H,15,16,17). The van der Waals surface area contributed by atoms with Crippen LogP contribution in [0.4, 0.5) is 5.82 Å². The Kier molecular flexibility index (Phi) is 5.35. The Labute approximate surface area is 127 Å². The van der Waals surface area contributed by atoms with Crippen LogP contribution in [0, 0.1) is 9.49 Å². The molecule has 2 heterocycles. The van der Waals surface area contributed by atoms with Gasteiger partial charge in [0.2, 0.25) is 0 Å². The second-order valence-electron chi connectivity index (χ2n) is 4.97. The summed E-state index contributed by atoms with van der Waals surface area (Å²) in [5, 5.41) is 3.13. The van der Waals surface area contributed by atoms with Crippen molar-refractivity contribution in [2.24, 2.45) is 5.92 Å². The van der Waals surface area contributed by atoms with Gasteiger partial charge in [0, 0.05) is 7.05 Å². The number of nitrogens with one attached hydrogen (secondary N) is 1. The normalized spacial score (nSPS) is 19.7. The first-order chi connectivity index (χ1) is 9.11. The molecule has 5 nitrogen and oxygen atoms in total. The van der Waals surface area contributed by atoms with Gasteiger partial charge in [-0.25, -0.2) is 9.97 Å². The van der Waals surface area contributed by atoms with Crippen LogP contribution in [-0.2, 0) is 15.9 Å². The van der Waals surface area contributed by atoms with Gasteiger partial charge in [0.15, 0.2) is 5.82 Å². The van der Waals surface area contributed by atoms with Crippen molar-refractivity contribution < 1.29 is 9.47 Å². The molecule has 106 valence electrons. The largest absolute Gasteiger partial charge is 0.376 e. The minimum atomic E-state index is -0.149. The second-order valence-corrected chi connectivity index (χ2v) is 6.05. The van der Waals surface area contributed by atoms with Crippen LogP contribution >= 0.6 is 22.6 Å². The van der Waals surface area contributed by atoms with Gasteiger partial charge in [-0.15, -0.1) is 0 Å². The van der Waals surface area contributed by atoms with Crippen LogP contribution in [0.5, 0.6) is 0 Å². The zero-order chi connectivity index (χ0) is 13.8. The number of nitrogens with zero attached hydrogens (tertiary/aromatic N) is 2. The molecule has 0 saturated carbocycles. The highest BCUT2D eigenvalue weighted by Crippen LogP contribution is 2.25. The molecule has 1 unspecified atom stereocenters. The summed E-state index contributed by atoms with van der Waals surface area (Å²) in [7, 11) is 1.88. The van der Waals surface area contributed by atoms with Crippen molar-refractivity contribution in [1.29, 1.82) is 0 Å². The first kappa shape index (κ1) is 14.9. The molecular weight excluding hydrogens is 357 g/mol. The number of rotatable bonds is 4. The fraction of sp³-hybridized carbons (Fsp3) is 0.692. The van der Waals surface area contributed by atoms with E-state index in [0.717, 1.165) is 27.3 Å². The molecule has 0 amide bonds. The molecule has 1 atom stereocenters. The molecule has 1 aliphatic rings. The lowest BCUT2D eigenvalue weighted by molar-refractivity contribution is -0.0935. The predicted octanol–water partition coefficient (Wildman–Crippen LogP) is 2.41. The highest BCUT2D eigenvalue weighted by atomic mass is 127. The third-order valence-corrected chi connectivity index (χ3v) is 4.01. The molecule has 0 aliphatic carbocycles. The lowest BCUT2D eigenvalue weighted by Crippen LogP contribution is -2.24. The van der Waals surface area contributed by atoms with E-state index in [0.29, 0.717) is 25.7 Å². The van der Waals surface area contributed by atoms with Crippen LogP contribution in [0.3, 0.4) is 0 Å². The van der Waals surface area contributed by atoms with E-state index in [9.17, 15) is 0 Å². The molecule has 0 radical (unpaired) electrons. The zero-order valence-corrected chi connectivity index (χ0v) is 13.7. The average Bonchev–Trinajstić information content (AvgIpc) is 2.41. The maximum absolute atomic E-state index is 5.68. The minimum absolute atomic E-state index is 0.149. The Morgan fingerprint density at radius 2 is 2.16 bits per heavy atom. The van der Waals surface area contributed by atoms with Gasteiger partial charge >= 0.3 is 0 Å². The third kappa shape index (κ3) is 3.76.